The highest BCUT2D eigenvalue weighted by Gasteiger charge is 2.47. The molecule has 0 heterocycles. The van der Waals surface area contributed by atoms with Crippen molar-refractivity contribution in [3.8, 4) is 0 Å². The Labute approximate surface area is 110 Å². The number of hydroxylamine groups is 2. The largest absolute Gasteiger partial charge is 0.349 e. The minimum atomic E-state index is -1.58. The highest BCUT2D eigenvalue weighted by molar-refractivity contribution is 6.00. The normalized spacial score (nSPS) is 10.3. The van der Waals surface area contributed by atoms with E-state index in [1.807, 2.05) is 11.0 Å². The third-order valence-electron chi connectivity index (χ3n) is 2.56. The van der Waals surface area contributed by atoms with E-state index < -0.39 is 29.2 Å². The van der Waals surface area contributed by atoms with E-state index in [1.54, 1.807) is 13.8 Å². The van der Waals surface area contributed by atoms with Crippen LogP contribution in [0, 0.1) is 5.41 Å². The maximum absolute atomic E-state index is 11.9. The van der Waals surface area contributed by atoms with E-state index in [-0.39, 0.29) is 12.8 Å². The van der Waals surface area contributed by atoms with Crippen LogP contribution in [0.3, 0.4) is 0 Å². The van der Waals surface area contributed by atoms with Crippen molar-refractivity contribution in [2.45, 2.75) is 40.5 Å². The summed E-state index contributed by atoms with van der Waals surface area (Å²) in [5, 5.41) is 0. The summed E-state index contributed by atoms with van der Waals surface area (Å²) in [4.78, 5) is 54.1. The lowest BCUT2D eigenvalue weighted by atomic mass is 9.82. The molecular formula is C11H18N2O6. The molecule has 0 radical (unpaired) electrons. The van der Waals surface area contributed by atoms with Gasteiger partial charge in [-0.25, -0.2) is 9.59 Å². The van der Waals surface area contributed by atoms with Crippen LogP contribution in [0.4, 0.5) is 0 Å². The molecule has 0 saturated carbocycles. The summed E-state index contributed by atoms with van der Waals surface area (Å²) in [5.41, 5.74) is 2.13. The van der Waals surface area contributed by atoms with Gasteiger partial charge in [0.25, 0.3) is 0 Å². The predicted octanol–water partition coefficient (Wildman–Crippen LogP) is -0.0186. The zero-order valence-electron chi connectivity index (χ0n) is 11.4. The van der Waals surface area contributed by atoms with Crippen molar-refractivity contribution in [2.24, 2.45) is 5.41 Å². The molecule has 8 nitrogen and oxygen atoms in total. The first kappa shape index (κ1) is 16.9. The first-order valence-corrected chi connectivity index (χ1v) is 5.75. The van der Waals surface area contributed by atoms with Crippen LogP contribution < -0.4 is 11.0 Å². The van der Waals surface area contributed by atoms with Crippen LogP contribution in [-0.4, -0.2) is 23.8 Å². The van der Waals surface area contributed by atoms with Crippen molar-refractivity contribution < 1.29 is 28.9 Å². The second-order valence-electron chi connectivity index (χ2n) is 3.88. The van der Waals surface area contributed by atoms with Gasteiger partial charge < -0.3 is 9.68 Å². The van der Waals surface area contributed by atoms with Gasteiger partial charge in [-0.15, -0.1) is 0 Å². The minimum absolute atomic E-state index is 0.0976. The van der Waals surface area contributed by atoms with Crippen LogP contribution in [0.2, 0.25) is 0 Å². The molecule has 0 aromatic rings. The molecule has 0 aliphatic heterocycles. The van der Waals surface area contributed by atoms with Crippen molar-refractivity contribution in [2.75, 3.05) is 0 Å². The van der Waals surface area contributed by atoms with E-state index in [9.17, 15) is 19.2 Å². The molecule has 0 unspecified atom stereocenters. The molecule has 0 bridgehead atoms. The molecule has 19 heavy (non-hydrogen) atoms. The Bertz CT molecular complexity index is 343. The molecule has 0 fully saturated rings. The van der Waals surface area contributed by atoms with Crippen molar-refractivity contribution in [3.63, 3.8) is 0 Å². The fourth-order valence-corrected chi connectivity index (χ4v) is 1.34. The fraction of sp³-hybridized carbons (Fsp3) is 0.636. The molecule has 108 valence electrons. The SMILES string of the molecule is CCC(CC)(C(=O)ONC(C)=O)C(=O)ONC(C)=O. The van der Waals surface area contributed by atoms with Gasteiger partial charge in [0.1, 0.15) is 0 Å². The standard InChI is InChI=1S/C11H18N2O6/c1-5-11(6-2,9(16)18-12-7(3)14)10(17)19-13-8(4)15/h5-6H2,1-4H3,(H,12,14)(H,13,15). The van der Waals surface area contributed by atoms with Gasteiger partial charge in [-0.2, -0.15) is 11.0 Å². The van der Waals surface area contributed by atoms with Crippen LogP contribution in [-0.2, 0) is 28.9 Å². The summed E-state index contributed by atoms with van der Waals surface area (Å²) in [7, 11) is 0. The van der Waals surface area contributed by atoms with Gasteiger partial charge in [-0.1, -0.05) is 13.8 Å². The lowest BCUT2D eigenvalue weighted by Gasteiger charge is -2.25. The first-order chi connectivity index (χ1) is 8.80. The lowest BCUT2D eigenvalue weighted by molar-refractivity contribution is -0.185. The second-order valence-corrected chi connectivity index (χ2v) is 3.88. The number of amides is 2. The quantitative estimate of drug-likeness (QED) is 0.550. The molecule has 0 aliphatic carbocycles. The number of rotatable bonds is 4. The van der Waals surface area contributed by atoms with Crippen LogP contribution in [0.5, 0.6) is 0 Å². The van der Waals surface area contributed by atoms with Gasteiger partial charge in [-0.3, -0.25) is 9.59 Å². The van der Waals surface area contributed by atoms with E-state index in [0.29, 0.717) is 0 Å². The van der Waals surface area contributed by atoms with Crippen molar-refractivity contribution >= 4 is 23.8 Å². The topological polar surface area (TPSA) is 111 Å². The van der Waals surface area contributed by atoms with Gasteiger partial charge in [0.15, 0.2) is 5.41 Å². The predicted molar refractivity (Wildman–Crippen MR) is 62.8 cm³/mol. The zero-order chi connectivity index (χ0) is 15.1. The number of hydrogen-bond donors (Lipinski definition) is 2. The Balaban J connectivity index is 4.91. The minimum Gasteiger partial charge on any atom is -0.340 e. The molecule has 0 aromatic carbocycles. The Morgan fingerprint density at radius 3 is 1.37 bits per heavy atom. The van der Waals surface area contributed by atoms with Gasteiger partial charge in [0.05, 0.1) is 0 Å². The number of carbonyl (C=O) groups is 4. The molecule has 0 aromatic heterocycles. The number of hydrogen-bond acceptors (Lipinski definition) is 6. The molecule has 2 N–H and O–H groups in total. The van der Waals surface area contributed by atoms with E-state index in [4.69, 9.17) is 0 Å². The summed E-state index contributed by atoms with van der Waals surface area (Å²) >= 11 is 0. The molecular weight excluding hydrogens is 256 g/mol. The smallest absolute Gasteiger partial charge is 0.340 e. The zero-order valence-corrected chi connectivity index (χ0v) is 11.4. The Hall–Kier alpha value is -2.12. The molecule has 8 heteroatoms. The highest BCUT2D eigenvalue weighted by Crippen LogP contribution is 2.29. The van der Waals surface area contributed by atoms with E-state index in [1.165, 1.54) is 0 Å². The molecule has 0 aliphatic rings. The Morgan fingerprint density at radius 1 is 0.842 bits per heavy atom. The van der Waals surface area contributed by atoms with E-state index in [2.05, 4.69) is 9.68 Å². The maximum atomic E-state index is 11.9. The molecule has 0 saturated heterocycles. The third-order valence-corrected chi connectivity index (χ3v) is 2.56. The summed E-state index contributed by atoms with van der Waals surface area (Å²) < 4.78 is 0. The summed E-state index contributed by atoms with van der Waals surface area (Å²) in [6.45, 7) is 5.49. The van der Waals surface area contributed by atoms with Crippen LogP contribution in [0.15, 0.2) is 0 Å². The Morgan fingerprint density at radius 2 is 1.16 bits per heavy atom. The molecule has 0 spiro atoms. The van der Waals surface area contributed by atoms with Gasteiger partial charge in [0.2, 0.25) is 11.8 Å². The van der Waals surface area contributed by atoms with E-state index in [0.717, 1.165) is 13.8 Å². The number of nitrogens with one attached hydrogen (secondary N) is 2. The van der Waals surface area contributed by atoms with Crippen LogP contribution in [0.25, 0.3) is 0 Å². The van der Waals surface area contributed by atoms with Crippen LogP contribution in [0.1, 0.15) is 40.5 Å². The second kappa shape index (κ2) is 7.34. The monoisotopic (exact) mass is 274 g/mol. The summed E-state index contributed by atoms with van der Waals surface area (Å²) in [5.74, 6) is -3.04. The van der Waals surface area contributed by atoms with Crippen molar-refractivity contribution in [1.29, 1.82) is 0 Å². The van der Waals surface area contributed by atoms with Crippen molar-refractivity contribution in [3.05, 3.63) is 0 Å². The van der Waals surface area contributed by atoms with Gasteiger partial charge in [0, 0.05) is 13.8 Å². The summed E-state index contributed by atoms with van der Waals surface area (Å²) in [6, 6.07) is 0. The van der Waals surface area contributed by atoms with Gasteiger partial charge in [-0.05, 0) is 12.8 Å². The molecule has 2 amide bonds. The molecule has 0 atom stereocenters. The van der Waals surface area contributed by atoms with E-state index >= 15 is 0 Å². The highest BCUT2D eigenvalue weighted by atomic mass is 16.7. The fourth-order valence-electron chi connectivity index (χ4n) is 1.34. The third kappa shape index (κ3) is 4.57. The average Bonchev–Trinajstić information content (AvgIpc) is 2.35. The lowest BCUT2D eigenvalue weighted by Crippen LogP contribution is -2.45. The molecule has 0 rings (SSSR count). The van der Waals surface area contributed by atoms with Gasteiger partial charge >= 0.3 is 11.9 Å². The maximum Gasteiger partial charge on any atom is 0.349 e. The van der Waals surface area contributed by atoms with Crippen molar-refractivity contribution in [1.82, 2.24) is 11.0 Å². The summed E-state index contributed by atoms with van der Waals surface area (Å²) in [6.07, 6.45) is 0.195. The number of carbonyl (C=O) groups excluding carboxylic acids is 4. The first-order valence-electron chi connectivity index (χ1n) is 5.75. The average molecular weight is 274 g/mol. The Kier molecular flexibility index (Phi) is 6.53. The van der Waals surface area contributed by atoms with Crippen LogP contribution >= 0.6 is 0 Å².